The van der Waals surface area contributed by atoms with Crippen molar-refractivity contribution in [3.05, 3.63) is 27.2 Å². The number of ether oxygens (including phenoxy) is 2. The Kier molecular flexibility index (Phi) is 4.80. The Morgan fingerprint density at radius 1 is 1.47 bits per heavy atom. The fourth-order valence-electron chi connectivity index (χ4n) is 2.73. The molecule has 106 valence electrons. The normalized spacial score (nSPS) is 24.5. The molecule has 0 N–H and O–H groups in total. The molecule has 1 aromatic carbocycles. The average Bonchev–Trinajstić information content (AvgIpc) is 2.79. The molecule has 0 bridgehead atoms. The van der Waals surface area contributed by atoms with Crippen LogP contribution < -0.4 is 4.74 Å². The van der Waals surface area contributed by atoms with Crippen molar-refractivity contribution in [2.45, 2.75) is 38.7 Å². The van der Waals surface area contributed by atoms with Gasteiger partial charge in [0.1, 0.15) is 5.75 Å². The first-order valence-electron chi connectivity index (χ1n) is 6.56. The Morgan fingerprint density at radius 2 is 2.16 bits per heavy atom. The highest BCUT2D eigenvalue weighted by molar-refractivity contribution is 9.10. The monoisotopic (exact) mass is 346 g/mol. The standard InChI is InChI=1S/C15H20BrClO2/c1-8-5-6-19-15(8)13(17)12-10(3)11(16)7-9(2)14(12)18-4/h7-8,13,15H,5-6H2,1-4H3. The van der Waals surface area contributed by atoms with Crippen LogP contribution in [0.15, 0.2) is 10.5 Å². The number of hydrogen-bond acceptors (Lipinski definition) is 2. The van der Waals surface area contributed by atoms with Crippen molar-refractivity contribution in [2.24, 2.45) is 5.92 Å². The Bertz CT molecular complexity index is 476. The number of hydrogen-bond donors (Lipinski definition) is 0. The summed E-state index contributed by atoms with van der Waals surface area (Å²) in [5.74, 6) is 1.36. The molecule has 0 spiro atoms. The number of halogens is 2. The lowest BCUT2D eigenvalue weighted by Crippen LogP contribution is -2.21. The van der Waals surface area contributed by atoms with Crippen LogP contribution in [0.5, 0.6) is 5.75 Å². The van der Waals surface area contributed by atoms with Crippen molar-refractivity contribution in [1.29, 1.82) is 0 Å². The molecule has 19 heavy (non-hydrogen) atoms. The average molecular weight is 348 g/mol. The van der Waals surface area contributed by atoms with Crippen LogP contribution in [0.25, 0.3) is 0 Å². The van der Waals surface area contributed by atoms with E-state index in [-0.39, 0.29) is 11.5 Å². The van der Waals surface area contributed by atoms with E-state index in [0.29, 0.717) is 5.92 Å². The molecule has 1 aliphatic rings. The van der Waals surface area contributed by atoms with E-state index < -0.39 is 0 Å². The van der Waals surface area contributed by atoms with E-state index in [2.05, 4.69) is 35.8 Å². The van der Waals surface area contributed by atoms with Gasteiger partial charge in [-0.05, 0) is 43.4 Å². The lowest BCUT2D eigenvalue weighted by atomic mass is 9.92. The molecule has 0 amide bonds. The molecule has 0 aromatic heterocycles. The van der Waals surface area contributed by atoms with Gasteiger partial charge in [-0.2, -0.15) is 0 Å². The van der Waals surface area contributed by atoms with Crippen molar-refractivity contribution in [3.63, 3.8) is 0 Å². The molecule has 1 aliphatic heterocycles. The zero-order valence-electron chi connectivity index (χ0n) is 11.8. The molecule has 4 heteroatoms. The Hall–Kier alpha value is -0.250. The number of rotatable bonds is 3. The fourth-order valence-corrected chi connectivity index (χ4v) is 3.87. The summed E-state index contributed by atoms with van der Waals surface area (Å²) in [5.41, 5.74) is 3.27. The third kappa shape index (κ3) is 2.79. The van der Waals surface area contributed by atoms with Crippen LogP contribution >= 0.6 is 27.5 Å². The van der Waals surface area contributed by atoms with Gasteiger partial charge in [0.15, 0.2) is 0 Å². The summed E-state index contributed by atoms with van der Waals surface area (Å²) in [6.07, 6.45) is 1.13. The first-order valence-corrected chi connectivity index (χ1v) is 7.79. The lowest BCUT2D eigenvalue weighted by Gasteiger charge is -2.25. The van der Waals surface area contributed by atoms with Crippen molar-refractivity contribution in [1.82, 2.24) is 0 Å². The fraction of sp³-hybridized carbons (Fsp3) is 0.600. The third-order valence-corrected chi connectivity index (χ3v) is 5.21. The summed E-state index contributed by atoms with van der Waals surface area (Å²) < 4.78 is 12.4. The summed E-state index contributed by atoms with van der Waals surface area (Å²) in [5, 5.41) is -0.177. The van der Waals surface area contributed by atoms with Gasteiger partial charge < -0.3 is 9.47 Å². The van der Waals surface area contributed by atoms with Gasteiger partial charge in [0.2, 0.25) is 0 Å². The highest BCUT2D eigenvalue weighted by Gasteiger charge is 2.35. The number of alkyl halides is 1. The number of aryl methyl sites for hydroxylation is 1. The van der Waals surface area contributed by atoms with Crippen molar-refractivity contribution in [2.75, 3.05) is 13.7 Å². The van der Waals surface area contributed by atoms with Gasteiger partial charge in [-0.15, -0.1) is 11.6 Å². The summed E-state index contributed by atoms with van der Waals surface area (Å²) in [4.78, 5) is 0. The molecular weight excluding hydrogens is 328 g/mol. The minimum atomic E-state index is -0.177. The molecule has 3 unspecified atom stereocenters. The van der Waals surface area contributed by atoms with Gasteiger partial charge in [-0.1, -0.05) is 22.9 Å². The van der Waals surface area contributed by atoms with Crippen molar-refractivity contribution < 1.29 is 9.47 Å². The molecule has 3 atom stereocenters. The van der Waals surface area contributed by atoms with E-state index in [0.717, 1.165) is 39.9 Å². The molecule has 1 saturated heterocycles. The molecule has 2 nitrogen and oxygen atoms in total. The van der Waals surface area contributed by atoms with Crippen LogP contribution in [0.2, 0.25) is 0 Å². The van der Waals surface area contributed by atoms with Gasteiger partial charge in [0.25, 0.3) is 0 Å². The topological polar surface area (TPSA) is 18.5 Å². The second kappa shape index (κ2) is 6.02. The zero-order valence-corrected chi connectivity index (χ0v) is 14.1. The van der Waals surface area contributed by atoms with E-state index >= 15 is 0 Å². The Labute approximate surface area is 128 Å². The minimum Gasteiger partial charge on any atom is -0.496 e. The second-order valence-corrected chi connectivity index (χ2v) is 6.57. The van der Waals surface area contributed by atoms with Crippen LogP contribution in [-0.4, -0.2) is 19.8 Å². The van der Waals surface area contributed by atoms with Crippen molar-refractivity contribution in [3.8, 4) is 5.75 Å². The predicted molar refractivity (Wildman–Crippen MR) is 82.3 cm³/mol. The van der Waals surface area contributed by atoms with Crippen molar-refractivity contribution >= 4 is 27.5 Å². The Morgan fingerprint density at radius 3 is 2.68 bits per heavy atom. The van der Waals surface area contributed by atoms with E-state index in [9.17, 15) is 0 Å². The summed E-state index contributed by atoms with van der Waals surface area (Å²) in [6.45, 7) is 7.09. The molecule has 1 aromatic rings. The molecule has 0 aliphatic carbocycles. The SMILES string of the molecule is COc1c(C)cc(Br)c(C)c1C(Cl)C1OCCC1C. The molecule has 0 saturated carbocycles. The molecule has 1 fully saturated rings. The van der Waals surface area contributed by atoms with Crippen LogP contribution in [-0.2, 0) is 4.74 Å². The van der Waals surface area contributed by atoms with Gasteiger partial charge in [0.05, 0.1) is 18.6 Å². The largest absolute Gasteiger partial charge is 0.496 e. The predicted octanol–water partition coefficient (Wildman–Crippen LogP) is 4.78. The number of methoxy groups -OCH3 is 1. The van der Waals surface area contributed by atoms with Gasteiger partial charge in [0, 0.05) is 16.6 Å². The lowest BCUT2D eigenvalue weighted by molar-refractivity contribution is 0.0896. The highest BCUT2D eigenvalue weighted by atomic mass is 79.9. The maximum atomic E-state index is 6.71. The molecular formula is C15H20BrClO2. The van der Waals surface area contributed by atoms with Gasteiger partial charge >= 0.3 is 0 Å². The van der Waals surface area contributed by atoms with Crippen LogP contribution in [0.4, 0.5) is 0 Å². The quantitative estimate of drug-likeness (QED) is 0.733. The van der Waals surface area contributed by atoms with Crippen LogP contribution in [0.1, 0.15) is 35.4 Å². The minimum absolute atomic E-state index is 0.0583. The van der Waals surface area contributed by atoms with Gasteiger partial charge in [-0.3, -0.25) is 0 Å². The van der Waals surface area contributed by atoms with E-state index in [4.69, 9.17) is 21.1 Å². The van der Waals surface area contributed by atoms with Gasteiger partial charge in [-0.25, -0.2) is 0 Å². The molecule has 0 radical (unpaired) electrons. The van der Waals surface area contributed by atoms with E-state index in [1.807, 2.05) is 6.92 Å². The maximum Gasteiger partial charge on any atom is 0.126 e. The Balaban J connectivity index is 2.48. The zero-order chi connectivity index (χ0) is 14.2. The summed E-state index contributed by atoms with van der Waals surface area (Å²) in [6, 6.07) is 2.07. The van der Waals surface area contributed by atoms with Crippen LogP contribution in [0.3, 0.4) is 0 Å². The second-order valence-electron chi connectivity index (χ2n) is 5.25. The smallest absolute Gasteiger partial charge is 0.126 e. The maximum absolute atomic E-state index is 6.71. The highest BCUT2D eigenvalue weighted by Crippen LogP contribution is 2.44. The summed E-state index contributed by atoms with van der Waals surface area (Å²) >= 11 is 10.3. The van der Waals surface area contributed by atoms with Crippen LogP contribution in [0, 0.1) is 19.8 Å². The van der Waals surface area contributed by atoms with E-state index in [1.165, 1.54) is 0 Å². The molecule has 2 rings (SSSR count). The first kappa shape index (κ1) is 15.1. The number of benzene rings is 1. The molecule has 1 heterocycles. The first-order chi connectivity index (χ1) is 8.97. The summed E-state index contributed by atoms with van der Waals surface area (Å²) in [7, 11) is 1.70. The third-order valence-electron chi connectivity index (χ3n) is 3.92. The van der Waals surface area contributed by atoms with E-state index in [1.54, 1.807) is 7.11 Å².